The minimum absolute atomic E-state index is 0.319. The van der Waals surface area contributed by atoms with Crippen LogP contribution in [0.15, 0.2) is 54.5 Å². The van der Waals surface area contributed by atoms with Gasteiger partial charge < -0.3 is 10.1 Å². The minimum atomic E-state index is -2.73. The number of ether oxygens (including phenoxy) is 1. The van der Waals surface area contributed by atoms with E-state index >= 15 is 0 Å². The zero-order valence-electron chi connectivity index (χ0n) is 17.8. The van der Waals surface area contributed by atoms with Gasteiger partial charge in [-0.15, -0.1) is 0 Å². The van der Waals surface area contributed by atoms with Gasteiger partial charge in [-0.2, -0.15) is 0 Å². The van der Waals surface area contributed by atoms with Crippen LogP contribution in [0.1, 0.15) is 33.2 Å². The van der Waals surface area contributed by atoms with E-state index in [1.165, 1.54) is 0 Å². The molecule has 0 spiro atoms. The maximum absolute atomic E-state index is 8.11. The second-order valence-corrected chi connectivity index (χ2v) is 4.11. The molecule has 0 amide bonds. The van der Waals surface area contributed by atoms with E-state index in [2.05, 4.69) is 5.32 Å². The van der Waals surface area contributed by atoms with Crippen molar-refractivity contribution in [1.82, 2.24) is 5.32 Å². The molecule has 0 aliphatic rings. The van der Waals surface area contributed by atoms with Gasteiger partial charge in [0.1, 0.15) is 11.9 Å². The van der Waals surface area contributed by atoms with Gasteiger partial charge >= 0.3 is 0 Å². The largest absolute Gasteiger partial charge is 0.485 e. The van der Waals surface area contributed by atoms with Crippen LogP contribution in [0.3, 0.4) is 0 Å². The van der Waals surface area contributed by atoms with Crippen LogP contribution in [0.4, 0.5) is 0 Å². The first-order valence-corrected chi connectivity index (χ1v) is 6.15. The van der Waals surface area contributed by atoms with Crippen LogP contribution in [-0.4, -0.2) is 13.6 Å². The molecule has 0 aliphatic carbocycles. The van der Waals surface area contributed by atoms with E-state index in [0.717, 1.165) is 5.56 Å². The number of benzene rings is 2. The van der Waals surface area contributed by atoms with Crippen molar-refractivity contribution in [3.05, 3.63) is 65.6 Å². The fourth-order valence-corrected chi connectivity index (χ4v) is 1.77. The van der Waals surface area contributed by atoms with E-state index in [0.29, 0.717) is 13.0 Å². The molecule has 2 nitrogen and oxygen atoms in total. The van der Waals surface area contributed by atoms with Crippen LogP contribution < -0.4 is 10.1 Å². The summed E-state index contributed by atoms with van der Waals surface area (Å²) in [6.07, 6.45) is -0.0480. The molecule has 0 bridgehead atoms. The Morgan fingerprint density at radius 3 is 2.79 bits per heavy atom. The van der Waals surface area contributed by atoms with Crippen LogP contribution >= 0.6 is 0 Å². The van der Waals surface area contributed by atoms with Crippen molar-refractivity contribution in [2.75, 3.05) is 13.6 Å². The summed E-state index contributed by atoms with van der Waals surface area (Å²) < 4.78 is 60.7. The maximum atomic E-state index is 8.11. The topological polar surface area (TPSA) is 21.3 Å². The molecule has 0 aliphatic heterocycles. The number of hydrogen-bond acceptors (Lipinski definition) is 2. The zero-order chi connectivity index (χ0) is 19.5. The van der Waals surface area contributed by atoms with E-state index in [1.807, 2.05) is 30.3 Å². The summed E-state index contributed by atoms with van der Waals surface area (Å²) in [5, 5.41) is 3.00. The van der Waals surface area contributed by atoms with Gasteiger partial charge in [0.05, 0.1) is 5.48 Å². The van der Waals surface area contributed by atoms with Crippen LogP contribution in [0.25, 0.3) is 0 Å². The molecule has 0 aromatic heterocycles. The number of nitrogens with one attached hydrogen (secondary N) is 1. The van der Waals surface area contributed by atoms with Gasteiger partial charge in [0, 0.05) is 10.5 Å². The van der Waals surface area contributed by atoms with E-state index in [4.69, 9.17) is 14.3 Å². The molecule has 1 N–H and O–H groups in total. The lowest BCUT2D eigenvalue weighted by Crippen LogP contribution is -2.16. The fraction of sp³-hybridized carbons (Fsp3) is 0.294. The molecule has 2 rings (SSSR count). The van der Waals surface area contributed by atoms with Gasteiger partial charge in [-0.05, 0) is 37.6 Å². The summed E-state index contributed by atoms with van der Waals surface area (Å²) in [5.74, 6) is -0.319. The molecule has 0 saturated carbocycles. The third-order valence-electron chi connectivity index (χ3n) is 2.74. The summed E-state index contributed by atoms with van der Waals surface area (Å²) in [7, 11) is 1.78. The van der Waals surface area contributed by atoms with Gasteiger partial charge in [0.2, 0.25) is 0 Å². The summed E-state index contributed by atoms with van der Waals surface area (Å²) >= 11 is 0. The molecule has 19 heavy (non-hydrogen) atoms. The number of rotatable bonds is 6. The Morgan fingerprint density at radius 2 is 2.05 bits per heavy atom. The normalized spacial score (nSPS) is 18.1. The van der Waals surface area contributed by atoms with Gasteiger partial charge in [-0.1, -0.05) is 48.5 Å². The first-order chi connectivity index (χ1) is 12.2. The van der Waals surface area contributed by atoms with Crippen molar-refractivity contribution in [1.29, 1.82) is 0 Å². The molecule has 0 fully saturated rings. The molecule has 2 heteroatoms. The molecule has 2 aromatic rings. The second kappa shape index (κ2) is 6.95. The highest BCUT2D eigenvalue weighted by Crippen LogP contribution is 2.26. The average Bonchev–Trinajstić information content (AvgIpc) is 2.60. The Morgan fingerprint density at radius 1 is 1.26 bits per heavy atom. The summed E-state index contributed by atoms with van der Waals surface area (Å²) in [4.78, 5) is 0. The SMILES string of the molecule is [2H]c1c([2H])c([2H])c(C([2H])([2H])[2H])c(OC(CCNC)c2ccccc2)c1[2H]. The van der Waals surface area contributed by atoms with Crippen molar-refractivity contribution >= 4 is 0 Å². The van der Waals surface area contributed by atoms with E-state index in [-0.39, 0.29) is 5.75 Å². The second-order valence-electron chi connectivity index (χ2n) is 4.11. The third kappa shape index (κ3) is 3.83. The molecule has 1 unspecified atom stereocenters. The highest BCUT2D eigenvalue weighted by atomic mass is 16.5. The summed E-state index contributed by atoms with van der Waals surface area (Å²) in [6.45, 7) is -2.13. The summed E-state index contributed by atoms with van der Waals surface area (Å²) in [5.41, 5.74) is 0.306. The highest BCUT2D eigenvalue weighted by Gasteiger charge is 2.13. The van der Waals surface area contributed by atoms with Gasteiger partial charge in [0.25, 0.3) is 0 Å². The smallest absolute Gasteiger partial charge is 0.125 e. The molecule has 0 radical (unpaired) electrons. The van der Waals surface area contributed by atoms with Gasteiger partial charge in [0.15, 0.2) is 0 Å². The van der Waals surface area contributed by atoms with Crippen molar-refractivity contribution in [3.8, 4) is 5.75 Å². The Balaban J connectivity index is 2.58. The Hall–Kier alpha value is -1.80. The Bertz CT molecular complexity index is 762. The Kier molecular flexibility index (Phi) is 2.60. The predicted octanol–water partition coefficient (Wildman–Crippen LogP) is 3.72. The average molecular weight is 262 g/mol. The maximum Gasteiger partial charge on any atom is 0.125 e. The lowest BCUT2D eigenvalue weighted by Gasteiger charge is -2.20. The van der Waals surface area contributed by atoms with Crippen molar-refractivity contribution in [2.24, 2.45) is 0 Å². The molecule has 0 saturated heterocycles. The monoisotopic (exact) mass is 262 g/mol. The lowest BCUT2D eigenvalue weighted by atomic mass is 10.1. The van der Waals surface area contributed by atoms with Crippen LogP contribution in [0.5, 0.6) is 5.75 Å². The van der Waals surface area contributed by atoms with Crippen LogP contribution in [0.2, 0.25) is 0 Å². The summed E-state index contributed by atoms with van der Waals surface area (Å²) in [6, 6.07) is 7.00. The van der Waals surface area contributed by atoms with E-state index in [9.17, 15) is 0 Å². The number of para-hydroxylation sites is 1. The molecule has 1 atom stereocenters. The molecule has 2 aromatic carbocycles. The van der Waals surface area contributed by atoms with Crippen molar-refractivity contribution in [3.63, 3.8) is 0 Å². The first kappa shape index (κ1) is 7.11. The van der Waals surface area contributed by atoms with Crippen LogP contribution in [-0.2, 0) is 0 Å². The molecular formula is C17H21NO. The number of hydrogen-bond donors (Lipinski definition) is 1. The van der Waals surface area contributed by atoms with Gasteiger partial charge in [-0.3, -0.25) is 0 Å². The molecular weight excluding hydrogens is 234 g/mol. The first-order valence-electron chi connectivity index (χ1n) is 9.65. The predicted molar refractivity (Wildman–Crippen MR) is 79.5 cm³/mol. The fourth-order valence-electron chi connectivity index (χ4n) is 1.77. The highest BCUT2D eigenvalue weighted by molar-refractivity contribution is 5.33. The van der Waals surface area contributed by atoms with Crippen LogP contribution in [0, 0.1) is 6.85 Å². The van der Waals surface area contributed by atoms with E-state index < -0.39 is 42.7 Å². The standard InChI is InChI=1S/C17H21NO/c1-14-8-6-7-11-16(14)19-17(12-13-18-2)15-9-4-3-5-10-15/h3-11,17-18H,12-13H2,1-2H3/i1D3,6D,7D,8D,11D. The van der Waals surface area contributed by atoms with Crippen molar-refractivity contribution < 1.29 is 14.3 Å². The minimum Gasteiger partial charge on any atom is -0.485 e. The van der Waals surface area contributed by atoms with Gasteiger partial charge in [-0.25, -0.2) is 0 Å². The molecule has 100 valence electrons. The van der Waals surface area contributed by atoms with E-state index in [1.54, 1.807) is 7.05 Å². The quantitative estimate of drug-likeness (QED) is 0.856. The Labute approximate surface area is 125 Å². The lowest BCUT2D eigenvalue weighted by molar-refractivity contribution is 0.193. The van der Waals surface area contributed by atoms with Crippen molar-refractivity contribution in [2.45, 2.75) is 19.4 Å². The third-order valence-corrected chi connectivity index (χ3v) is 2.74. The zero-order valence-corrected chi connectivity index (χ0v) is 10.8. The molecule has 0 heterocycles.